The molecule has 0 bridgehead atoms. The fraction of sp³-hybridized carbons (Fsp3) is 0. The minimum atomic E-state index is 0.621. The SMILES string of the molecule is N#C/C(=C\c1cccs1)c1nc(-c2cccs2)cs1. The third-order valence-corrected chi connectivity index (χ3v) is 5.05. The molecule has 0 N–H and O–H groups in total. The van der Waals surface area contributed by atoms with Crippen LogP contribution in [-0.4, -0.2) is 4.98 Å². The molecule has 0 aromatic carbocycles. The van der Waals surface area contributed by atoms with Crippen LogP contribution in [0.5, 0.6) is 0 Å². The van der Waals surface area contributed by atoms with Crippen LogP contribution in [0.15, 0.2) is 40.4 Å². The van der Waals surface area contributed by atoms with Crippen LogP contribution in [-0.2, 0) is 0 Å². The second-order valence-corrected chi connectivity index (χ2v) is 6.49. The number of hydrogen-bond donors (Lipinski definition) is 0. The highest BCUT2D eigenvalue weighted by Crippen LogP contribution is 2.30. The lowest BCUT2D eigenvalue weighted by atomic mass is 10.2. The zero-order valence-corrected chi connectivity index (χ0v) is 12.2. The first-order valence-electron chi connectivity index (χ1n) is 5.52. The third kappa shape index (κ3) is 2.66. The normalized spacial score (nSPS) is 11.4. The highest BCUT2D eigenvalue weighted by molar-refractivity contribution is 7.14. The molecule has 3 rings (SSSR count). The summed E-state index contributed by atoms with van der Waals surface area (Å²) in [5, 5.41) is 16.1. The number of aromatic nitrogens is 1. The van der Waals surface area contributed by atoms with Gasteiger partial charge < -0.3 is 0 Å². The van der Waals surface area contributed by atoms with Gasteiger partial charge in [0, 0.05) is 10.3 Å². The summed E-state index contributed by atoms with van der Waals surface area (Å²) in [7, 11) is 0. The van der Waals surface area contributed by atoms with Crippen LogP contribution in [0.3, 0.4) is 0 Å². The van der Waals surface area contributed by atoms with Crippen molar-refractivity contribution in [3.63, 3.8) is 0 Å². The van der Waals surface area contributed by atoms with Crippen LogP contribution in [0.25, 0.3) is 22.2 Å². The quantitative estimate of drug-likeness (QED) is 0.638. The Morgan fingerprint density at radius 1 is 1.16 bits per heavy atom. The minimum absolute atomic E-state index is 0.621. The maximum absolute atomic E-state index is 9.27. The molecule has 0 radical (unpaired) electrons. The molecule has 0 aliphatic carbocycles. The Kier molecular flexibility index (Phi) is 3.56. The maximum Gasteiger partial charge on any atom is 0.134 e. The van der Waals surface area contributed by atoms with Gasteiger partial charge in [-0.05, 0) is 29.0 Å². The van der Waals surface area contributed by atoms with Gasteiger partial charge in [-0.3, -0.25) is 0 Å². The molecule has 0 saturated carbocycles. The van der Waals surface area contributed by atoms with Crippen LogP contribution in [0, 0.1) is 11.3 Å². The molecular weight excluding hydrogens is 292 g/mol. The topological polar surface area (TPSA) is 36.7 Å². The molecule has 0 aliphatic heterocycles. The smallest absolute Gasteiger partial charge is 0.134 e. The van der Waals surface area contributed by atoms with E-state index in [0.29, 0.717) is 5.57 Å². The molecule has 0 saturated heterocycles. The fourth-order valence-corrected chi connectivity index (χ4v) is 3.80. The second kappa shape index (κ2) is 5.49. The molecule has 3 aromatic rings. The molecule has 3 heterocycles. The van der Waals surface area contributed by atoms with Crippen molar-refractivity contribution in [2.45, 2.75) is 0 Å². The summed E-state index contributed by atoms with van der Waals surface area (Å²) < 4.78 is 0. The first kappa shape index (κ1) is 12.3. The zero-order valence-electron chi connectivity index (χ0n) is 9.74. The molecular formula is C14H8N2S3. The lowest BCUT2D eigenvalue weighted by molar-refractivity contribution is 1.38. The highest BCUT2D eigenvalue weighted by Gasteiger charge is 2.09. The van der Waals surface area contributed by atoms with Crippen molar-refractivity contribution in [1.29, 1.82) is 5.26 Å². The van der Waals surface area contributed by atoms with Crippen LogP contribution >= 0.6 is 34.0 Å². The van der Waals surface area contributed by atoms with Crippen molar-refractivity contribution < 1.29 is 0 Å². The van der Waals surface area contributed by atoms with E-state index < -0.39 is 0 Å². The van der Waals surface area contributed by atoms with E-state index >= 15 is 0 Å². The number of nitrogens with zero attached hydrogens (tertiary/aromatic N) is 2. The van der Waals surface area contributed by atoms with Gasteiger partial charge in [-0.15, -0.1) is 34.0 Å². The largest absolute Gasteiger partial charge is 0.234 e. The van der Waals surface area contributed by atoms with E-state index in [1.54, 1.807) is 22.7 Å². The van der Waals surface area contributed by atoms with E-state index in [1.807, 2.05) is 46.5 Å². The first-order valence-corrected chi connectivity index (χ1v) is 8.16. The number of hydrogen-bond acceptors (Lipinski definition) is 5. The zero-order chi connectivity index (χ0) is 13.1. The number of nitriles is 1. The minimum Gasteiger partial charge on any atom is -0.234 e. The van der Waals surface area contributed by atoms with Gasteiger partial charge in [0.05, 0.1) is 16.1 Å². The van der Waals surface area contributed by atoms with E-state index in [-0.39, 0.29) is 0 Å². The highest BCUT2D eigenvalue weighted by atomic mass is 32.1. The predicted molar refractivity (Wildman–Crippen MR) is 83.2 cm³/mol. The second-order valence-electron chi connectivity index (χ2n) is 3.70. The Labute approximate surface area is 122 Å². The van der Waals surface area contributed by atoms with E-state index in [2.05, 4.69) is 11.1 Å². The molecule has 3 aromatic heterocycles. The number of thiazole rings is 1. The van der Waals surface area contributed by atoms with Crippen molar-refractivity contribution in [3.8, 4) is 16.6 Å². The van der Waals surface area contributed by atoms with Gasteiger partial charge in [0.15, 0.2) is 0 Å². The van der Waals surface area contributed by atoms with Gasteiger partial charge in [-0.2, -0.15) is 5.26 Å². The van der Waals surface area contributed by atoms with Crippen molar-refractivity contribution in [2.75, 3.05) is 0 Å². The molecule has 0 aliphatic rings. The van der Waals surface area contributed by atoms with Crippen LogP contribution in [0.4, 0.5) is 0 Å². The molecule has 0 spiro atoms. The molecule has 19 heavy (non-hydrogen) atoms. The van der Waals surface area contributed by atoms with Crippen molar-refractivity contribution in [3.05, 3.63) is 50.3 Å². The molecule has 2 nitrogen and oxygen atoms in total. The summed E-state index contributed by atoms with van der Waals surface area (Å²) in [6.07, 6.45) is 1.89. The number of rotatable bonds is 3. The summed E-state index contributed by atoms with van der Waals surface area (Å²) in [5.74, 6) is 0. The van der Waals surface area contributed by atoms with Crippen molar-refractivity contribution >= 4 is 45.7 Å². The molecule has 0 unspecified atom stereocenters. The molecule has 0 atom stereocenters. The Hall–Kier alpha value is -1.74. The average Bonchev–Trinajstić information content (AvgIpc) is 3.15. The van der Waals surface area contributed by atoms with Gasteiger partial charge in [0.1, 0.15) is 11.1 Å². The Morgan fingerprint density at radius 3 is 2.68 bits per heavy atom. The first-order chi connectivity index (χ1) is 9.36. The summed E-state index contributed by atoms with van der Waals surface area (Å²) in [5.41, 5.74) is 1.57. The van der Waals surface area contributed by atoms with Crippen LogP contribution in [0.1, 0.15) is 9.88 Å². The fourth-order valence-electron chi connectivity index (χ4n) is 1.59. The maximum atomic E-state index is 9.27. The van der Waals surface area contributed by atoms with Crippen LogP contribution < -0.4 is 0 Å². The number of thiophene rings is 2. The summed E-state index contributed by atoms with van der Waals surface area (Å²) in [4.78, 5) is 6.76. The summed E-state index contributed by atoms with van der Waals surface area (Å²) in [6.45, 7) is 0. The predicted octanol–water partition coefficient (Wildman–Crippen LogP) is 5.00. The van der Waals surface area contributed by atoms with Crippen molar-refractivity contribution in [1.82, 2.24) is 4.98 Å². The summed E-state index contributed by atoms with van der Waals surface area (Å²) >= 11 is 4.79. The lowest BCUT2D eigenvalue weighted by Gasteiger charge is -1.91. The Balaban J connectivity index is 1.96. The third-order valence-electron chi connectivity index (χ3n) is 2.46. The van der Waals surface area contributed by atoms with Gasteiger partial charge in [-0.1, -0.05) is 12.1 Å². The molecule has 5 heteroatoms. The van der Waals surface area contributed by atoms with Gasteiger partial charge >= 0.3 is 0 Å². The van der Waals surface area contributed by atoms with E-state index in [9.17, 15) is 5.26 Å². The summed E-state index contributed by atoms with van der Waals surface area (Å²) in [6, 6.07) is 10.3. The standard InChI is InChI=1S/C14H8N2S3/c15-8-10(7-11-3-1-5-17-11)14-16-12(9-19-14)13-4-2-6-18-13/h1-7,9H/b10-7+. The van der Waals surface area contributed by atoms with Gasteiger partial charge in [0.25, 0.3) is 0 Å². The van der Waals surface area contributed by atoms with Crippen LogP contribution in [0.2, 0.25) is 0 Å². The Morgan fingerprint density at radius 2 is 2.00 bits per heavy atom. The van der Waals surface area contributed by atoms with Crippen molar-refractivity contribution in [2.24, 2.45) is 0 Å². The van der Waals surface area contributed by atoms with E-state index in [1.165, 1.54) is 11.3 Å². The van der Waals surface area contributed by atoms with E-state index in [4.69, 9.17) is 0 Å². The van der Waals surface area contributed by atoms with E-state index in [0.717, 1.165) is 20.5 Å². The van der Waals surface area contributed by atoms with Gasteiger partial charge in [0.2, 0.25) is 0 Å². The molecule has 0 fully saturated rings. The van der Waals surface area contributed by atoms with Gasteiger partial charge in [-0.25, -0.2) is 4.98 Å². The monoisotopic (exact) mass is 300 g/mol. The lowest BCUT2D eigenvalue weighted by Crippen LogP contribution is -1.80. The average molecular weight is 300 g/mol. The Bertz CT molecular complexity index is 728. The molecule has 92 valence electrons. The number of allylic oxidation sites excluding steroid dienone is 1. The molecule has 0 amide bonds.